The predicted octanol–water partition coefficient (Wildman–Crippen LogP) is 2.11. The van der Waals surface area contributed by atoms with Gasteiger partial charge in [-0.25, -0.2) is 0 Å². The van der Waals surface area contributed by atoms with Crippen LogP contribution in [0.25, 0.3) is 0 Å². The largest absolute Gasteiger partial charge is 0.363 e. The van der Waals surface area contributed by atoms with Gasteiger partial charge < -0.3 is 4.74 Å². The summed E-state index contributed by atoms with van der Waals surface area (Å²) in [5.41, 5.74) is 0. The first-order valence-electron chi connectivity index (χ1n) is 4.34. The average Bonchev–Trinajstić information content (AvgIpc) is 1.98. The maximum Gasteiger partial charge on any atom is 0.144 e. The van der Waals surface area contributed by atoms with E-state index >= 15 is 0 Å². The van der Waals surface area contributed by atoms with Crippen molar-refractivity contribution < 1.29 is 4.74 Å². The minimum absolute atomic E-state index is 0.141. The lowest BCUT2D eigenvalue weighted by Crippen LogP contribution is -2.16. The molecular formula is C9H15NO. The van der Waals surface area contributed by atoms with Gasteiger partial charge in [0.1, 0.15) is 6.10 Å². The average molecular weight is 153 g/mol. The van der Waals surface area contributed by atoms with E-state index in [1.165, 1.54) is 6.42 Å². The molecule has 2 atom stereocenters. The molecule has 1 saturated heterocycles. The van der Waals surface area contributed by atoms with Crippen LogP contribution in [0, 0.1) is 17.2 Å². The number of hydrogen-bond acceptors (Lipinski definition) is 2. The van der Waals surface area contributed by atoms with Gasteiger partial charge in [0.05, 0.1) is 6.07 Å². The fourth-order valence-corrected chi connectivity index (χ4v) is 1.42. The second-order valence-electron chi connectivity index (χ2n) is 3.31. The van der Waals surface area contributed by atoms with Crippen molar-refractivity contribution in [3.8, 4) is 6.07 Å². The molecule has 0 aromatic heterocycles. The van der Waals surface area contributed by atoms with Crippen molar-refractivity contribution in [2.75, 3.05) is 6.61 Å². The number of nitrogens with zero attached hydrogens (tertiary/aromatic N) is 1. The van der Waals surface area contributed by atoms with E-state index in [1.807, 2.05) is 0 Å². The Labute approximate surface area is 68.2 Å². The van der Waals surface area contributed by atoms with E-state index in [9.17, 15) is 0 Å². The summed E-state index contributed by atoms with van der Waals surface area (Å²) < 4.78 is 5.32. The van der Waals surface area contributed by atoms with Crippen LogP contribution in [0.1, 0.15) is 32.6 Å². The molecule has 0 spiro atoms. The summed E-state index contributed by atoms with van der Waals surface area (Å²) in [7, 11) is 0. The van der Waals surface area contributed by atoms with Crippen molar-refractivity contribution in [2.24, 2.45) is 5.92 Å². The van der Waals surface area contributed by atoms with E-state index in [4.69, 9.17) is 10.00 Å². The lowest BCUT2D eigenvalue weighted by atomic mass is 9.97. The lowest BCUT2D eigenvalue weighted by Gasteiger charge is -2.18. The van der Waals surface area contributed by atoms with Gasteiger partial charge in [0, 0.05) is 6.61 Å². The standard InChI is InChI=1S/C9H15NO/c1-8-3-2-6-11-9(7-10)5-4-8/h8-9H,2-6H2,1H3/t8-,9-/m0/s1. The molecule has 1 rings (SSSR count). The highest BCUT2D eigenvalue weighted by molar-refractivity contribution is 4.84. The van der Waals surface area contributed by atoms with E-state index in [2.05, 4.69) is 13.0 Å². The Hall–Kier alpha value is -0.550. The quantitative estimate of drug-likeness (QED) is 0.534. The van der Waals surface area contributed by atoms with E-state index in [0.717, 1.165) is 31.8 Å². The topological polar surface area (TPSA) is 33.0 Å². The number of hydrogen-bond donors (Lipinski definition) is 0. The Morgan fingerprint density at radius 3 is 2.91 bits per heavy atom. The van der Waals surface area contributed by atoms with Gasteiger partial charge in [0.25, 0.3) is 0 Å². The molecule has 1 heterocycles. The minimum Gasteiger partial charge on any atom is -0.363 e. The van der Waals surface area contributed by atoms with Crippen LogP contribution in [-0.4, -0.2) is 12.7 Å². The highest BCUT2D eigenvalue weighted by Crippen LogP contribution is 2.18. The molecule has 0 aromatic carbocycles. The first-order valence-corrected chi connectivity index (χ1v) is 4.34. The minimum atomic E-state index is -0.141. The fraction of sp³-hybridized carbons (Fsp3) is 0.889. The normalized spacial score (nSPS) is 33.5. The second-order valence-corrected chi connectivity index (χ2v) is 3.31. The molecule has 1 aliphatic rings. The summed E-state index contributed by atoms with van der Waals surface area (Å²) in [4.78, 5) is 0. The van der Waals surface area contributed by atoms with Crippen LogP contribution < -0.4 is 0 Å². The highest BCUT2D eigenvalue weighted by atomic mass is 16.5. The summed E-state index contributed by atoms with van der Waals surface area (Å²) in [6.07, 6.45) is 4.27. The summed E-state index contributed by atoms with van der Waals surface area (Å²) in [6.45, 7) is 3.02. The van der Waals surface area contributed by atoms with Gasteiger partial charge in [-0.1, -0.05) is 6.92 Å². The molecule has 0 aliphatic carbocycles. The molecule has 0 saturated carbocycles. The van der Waals surface area contributed by atoms with Crippen LogP contribution in [0.4, 0.5) is 0 Å². The van der Waals surface area contributed by atoms with Gasteiger partial charge in [-0.15, -0.1) is 0 Å². The molecule has 62 valence electrons. The molecule has 0 amide bonds. The molecule has 0 aromatic rings. The first kappa shape index (κ1) is 8.55. The van der Waals surface area contributed by atoms with Gasteiger partial charge in [-0.3, -0.25) is 0 Å². The van der Waals surface area contributed by atoms with Crippen LogP contribution in [-0.2, 0) is 4.74 Å². The molecule has 2 nitrogen and oxygen atoms in total. The summed E-state index contributed by atoms with van der Waals surface area (Å²) >= 11 is 0. The van der Waals surface area contributed by atoms with Gasteiger partial charge >= 0.3 is 0 Å². The molecule has 2 heteroatoms. The van der Waals surface area contributed by atoms with E-state index < -0.39 is 0 Å². The molecule has 1 fully saturated rings. The Morgan fingerprint density at radius 2 is 2.18 bits per heavy atom. The van der Waals surface area contributed by atoms with Crippen molar-refractivity contribution in [1.29, 1.82) is 5.26 Å². The molecule has 0 unspecified atom stereocenters. The van der Waals surface area contributed by atoms with Crippen molar-refractivity contribution in [3.05, 3.63) is 0 Å². The zero-order valence-electron chi connectivity index (χ0n) is 7.05. The molecule has 0 radical (unpaired) electrons. The van der Waals surface area contributed by atoms with Gasteiger partial charge in [0.15, 0.2) is 0 Å². The molecule has 11 heavy (non-hydrogen) atoms. The zero-order chi connectivity index (χ0) is 8.10. The van der Waals surface area contributed by atoms with Gasteiger partial charge in [0.2, 0.25) is 0 Å². The summed E-state index contributed by atoms with van der Waals surface area (Å²) in [5, 5.41) is 8.62. The molecule has 0 N–H and O–H groups in total. The number of ether oxygens (including phenoxy) is 1. The van der Waals surface area contributed by atoms with Crippen LogP contribution in [0.15, 0.2) is 0 Å². The van der Waals surface area contributed by atoms with Crippen LogP contribution >= 0.6 is 0 Å². The Bertz CT molecular complexity index is 150. The predicted molar refractivity (Wildman–Crippen MR) is 43.0 cm³/mol. The maximum atomic E-state index is 8.62. The van der Waals surface area contributed by atoms with Crippen LogP contribution in [0.3, 0.4) is 0 Å². The van der Waals surface area contributed by atoms with Crippen molar-refractivity contribution in [2.45, 2.75) is 38.7 Å². The highest BCUT2D eigenvalue weighted by Gasteiger charge is 2.13. The maximum absolute atomic E-state index is 8.62. The van der Waals surface area contributed by atoms with Crippen molar-refractivity contribution in [3.63, 3.8) is 0 Å². The van der Waals surface area contributed by atoms with Gasteiger partial charge in [-0.2, -0.15) is 5.26 Å². The zero-order valence-corrected chi connectivity index (χ0v) is 7.05. The van der Waals surface area contributed by atoms with Gasteiger partial charge in [-0.05, 0) is 31.6 Å². The van der Waals surface area contributed by atoms with Crippen LogP contribution in [0.5, 0.6) is 0 Å². The Balaban J connectivity index is 2.33. The second kappa shape index (κ2) is 4.35. The number of nitriles is 1. The molecule has 1 aliphatic heterocycles. The third-order valence-corrected chi connectivity index (χ3v) is 2.23. The van der Waals surface area contributed by atoms with Crippen molar-refractivity contribution >= 4 is 0 Å². The van der Waals surface area contributed by atoms with Crippen molar-refractivity contribution in [1.82, 2.24) is 0 Å². The smallest absolute Gasteiger partial charge is 0.144 e. The van der Waals surface area contributed by atoms with Crippen LogP contribution in [0.2, 0.25) is 0 Å². The van der Waals surface area contributed by atoms with E-state index in [0.29, 0.717) is 0 Å². The Morgan fingerprint density at radius 1 is 1.36 bits per heavy atom. The SMILES string of the molecule is C[C@H]1CCCO[C@H](C#N)CC1. The number of rotatable bonds is 0. The Kier molecular flexibility index (Phi) is 3.38. The monoisotopic (exact) mass is 153 g/mol. The first-order chi connectivity index (χ1) is 5.33. The molecular weight excluding hydrogens is 138 g/mol. The third-order valence-electron chi connectivity index (χ3n) is 2.23. The third kappa shape index (κ3) is 2.90. The molecule has 0 bridgehead atoms. The van der Waals surface area contributed by atoms with E-state index in [1.54, 1.807) is 0 Å². The fourth-order valence-electron chi connectivity index (χ4n) is 1.42. The summed E-state index contributed by atoms with van der Waals surface area (Å²) in [5.74, 6) is 0.773. The van der Waals surface area contributed by atoms with E-state index in [-0.39, 0.29) is 6.10 Å². The lowest BCUT2D eigenvalue weighted by molar-refractivity contribution is 0.0630. The summed E-state index contributed by atoms with van der Waals surface area (Å²) in [6, 6.07) is 2.17.